The molecule has 2 aromatic carbocycles. The number of rotatable bonds is 11. The number of benzene rings is 2. The SMILES string of the molecule is COC(=O)N[C@H](C(=O)N1CCC[C@H]1c1nc(-c2ccc(-c3ccc(-c4c[nH]c([C@@H]5CCCN5C(=O)[C@@H](NC(=O)OC)C(C)C)n4)c4occc34)cc2)c[nH]1)C(C)C. The number of methoxy groups -OCH3 is 2. The first-order valence-corrected chi connectivity index (χ1v) is 19.5. The van der Waals surface area contributed by atoms with Crippen molar-refractivity contribution < 1.29 is 33.1 Å². The van der Waals surface area contributed by atoms with Crippen LogP contribution in [0.3, 0.4) is 0 Å². The van der Waals surface area contributed by atoms with Gasteiger partial charge in [-0.3, -0.25) is 9.59 Å². The monoisotopic (exact) mass is 778 g/mol. The second kappa shape index (κ2) is 16.5. The number of alkyl carbamates (subject to hydrolysis) is 2. The molecule has 15 nitrogen and oxygen atoms in total. The van der Waals surface area contributed by atoms with Gasteiger partial charge in [0.05, 0.1) is 44.0 Å². The summed E-state index contributed by atoms with van der Waals surface area (Å²) in [5, 5.41) is 6.33. The van der Waals surface area contributed by atoms with Crippen LogP contribution in [-0.4, -0.2) is 93.1 Å². The lowest BCUT2D eigenvalue weighted by Crippen LogP contribution is -2.51. The number of carbonyl (C=O) groups excluding carboxylic acids is 4. The highest BCUT2D eigenvalue weighted by Gasteiger charge is 2.39. The van der Waals surface area contributed by atoms with Crippen LogP contribution in [-0.2, 0) is 19.1 Å². The molecule has 300 valence electrons. The van der Waals surface area contributed by atoms with E-state index >= 15 is 0 Å². The number of amides is 4. The number of aromatic nitrogens is 4. The van der Waals surface area contributed by atoms with Gasteiger partial charge >= 0.3 is 12.2 Å². The summed E-state index contributed by atoms with van der Waals surface area (Å²) < 4.78 is 15.6. The smallest absolute Gasteiger partial charge is 0.407 e. The van der Waals surface area contributed by atoms with E-state index in [9.17, 15) is 19.2 Å². The number of aromatic amines is 2. The Morgan fingerprint density at radius 3 is 1.72 bits per heavy atom. The van der Waals surface area contributed by atoms with Crippen LogP contribution in [0.1, 0.15) is 77.1 Å². The molecule has 4 amide bonds. The van der Waals surface area contributed by atoms with Crippen LogP contribution in [0.2, 0.25) is 0 Å². The first kappa shape index (κ1) is 39.1. The number of nitrogens with zero attached hydrogens (tertiary/aromatic N) is 4. The highest BCUT2D eigenvalue weighted by molar-refractivity contribution is 6.01. The highest BCUT2D eigenvalue weighted by Crippen LogP contribution is 2.39. The Hall–Kier alpha value is -6.12. The van der Waals surface area contributed by atoms with E-state index in [1.807, 2.05) is 64.4 Å². The molecule has 2 aliphatic heterocycles. The Bertz CT molecular complexity index is 2240. The molecule has 3 aromatic heterocycles. The van der Waals surface area contributed by atoms with Crippen LogP contribution in [0.25, 0.3) is 44.6 Å². The fraction of sp³-hybridized carbons (Fsp3) is 0.429. The number of hydrogen-bond donors (Lipinski definition) is 4. The Balaban J connectivity index is 1.07. The molecule has 0 saturated carbocycles. The molecule has 0 bridgehead atoms. The molecule has 2 fully saturated rings. The van der Waals surface area contributed by atoms with Crippen molar-refractivity contribution in [1.29, 1.82) is 0 Å². The second-order valence-corrected chi connectivity index (χ2v) is 15.3. The highest BCUT2D eigenvalue weighted by atomic mass is 16.5. The van der Waals surface area contributed by atoms with E-state index in [0.717, 1.165) is 59.0 Å². The largest absolute Gasteiger partial charge is 0.464 e. The summed E-state index contributed by atoms with van der Waals surface area (Å²) in [5.74, 6) is 0.837. The summed E-state index contributed by atoms with van der Waals surface area (Å²) in [4.78, 5) is 71.3. The van der Waals surface area contributed by atoms with Gasteiger partial charge in [0.15, 0.2) is 0 Å². The van der Waals surface area contributed by atoms with Crippen LogP contribution in [0.15, 0.2) is 65.5 Å². The van der Waals surface area contributed by atoms with Crippen molar-refractivity contribution in [3.8, 4) is 33.6 Å². The van der Waals surface area contributed by atoms with Crippen molar-refractivity contribution >= 4 is 35.0 Å². The Morgan fingerprint density at radius 2 is 1.19 bits per heavy atom. The maximum Gasteiger partial charge on any atom is 0.407 e. The van der Waals surface area contributed by atoms with Gasteiger partial charge in [-0.15, -0.1) is 0 Å². The van der Waals surface area contributed by atoms with Gasteiger partial charge in [-0.1, -0.05) is 58.0 Å². The quantitative estimate of drug-likeness (QED) is 0.110. The topological polar surface area (TPSA) is 188 Å². The molecule has 4 atom stereocenters. The third-order valence-electron chi connectivity index (χ3n) is 11.1. The van der Waals surface area contributed by atoms with Gasteiger partial charge in [0.2, 0.25) is 11.8 Å². The normalized spacial score (nSPS) is 18.0. The number of hydrogen-bond acceptors (Lipinski definition) is 9. The molecule has 0 spiro atoms. The lowest BCUT2D eigenvalue weighted by atomic mass is 9.97. The number of nitrogens with one attached hydrogen (secondary N) is 4. The second-order valence-electron chi connectivity index (χ2n) is 15.3. The van der Waals surface area contributed by atoms with Crippen molar-refractivity contribution in [3.05, 3.63) is 72.8 Å². The van der Waals surface area contributed by atoms with Crippen LogP contribution < -0.4 is 10.6 Å². The molecule has 0 radical (unpaired) electrons. The van der Waals surface area contributed by atoms with E-state index in [1.54, 1.807) is 16.1 Å². The third kappa shape index (κ3) is 7.83. The maximum atomic E-state index is 13.6. The number of H-pyrrole nitrogens is 2. The van der Waals surface area contributed by atoms with Gasteiger partial charge in [-0.25, -0.2) is 19.6 Å². The molecule has 15 heteroatoms. The summed E-state index contributed by atoms with van der Waals surface area (Å²) in [6.45, 7) is 8.73. The van der Waals surface area contributed by atoms with Gasteiger partial charge in [0.25, 0.3) is 0 Å². The van der Waals surface area contributed by atoms with Crippen molar-refractivity contribution in [2.75, 3.05) is 27.3 Å². The molecule has 2 aliphatic rings. The fourth-order valence-electron chi connectivity index (χ4n) is 8.02. The molecule has 0 aliphatic carbocycles. The predicted octanol–water partition coefficient (Wildman–Crippen LogP) is 6.97. The minimum absolute atomic E-state index is 0.115. The number of likely N-dealkylation sites (tertiary alicyclic amines) is 2. The summed E-state index contributed by atoms with van der Waals surface area (Å²) >= 11 is 0. The average molecular weight is 779 g/mol. The van der Waals surface area contributed by atoms with E-state index in [1.165, 1.54) is 14.2 Å². The van der Waals surface area contributed by atoms with Gasteiger partial charge in [0, 0.05) is 42.0 Å². The first-order chi connectivity index (χ1) is 27.5. The first-order valence-electron chi connectivity index (χ1n) is 19.5. The molecular formula is C42H50N8O7. The van der Waals surface area contributed by atoms with E-state index in [4.69, 9.17) is 23.9 Å². The number of fused-ring (bicyclic) bond motifs is 1. The van der Waals surface area contributed by atoms with Crippen molar-refractivity contribution in [2.24, 2.45) is 11.8 Å². The number of imidazole rings is 2. The minimum Gasteiger partial charge on any atom is -0.464 e. The number of furan rings is 1. The Morgan fingerprint density at radius 1 is 0.702 bits per heavy atom. The minimum atomic E-state index is -0.712. The van der Waals surface area contributed by atoms with Crippen LogP contribution in [0.4, 0.5) is 9.59 Å². The van der Waals surface area contributed by atoms with E-state index in [0.29, 0.717) is 36.0 Å². The van der Waals surface area contributed by atoms with Gasteiger partial charge in [-0.2, -0.15) is 0 Å². The lowest BCUT2D eigenvalue weighted by Gasteiger charge is -2.29. The van der Waals surface area contributed by atoms with Gasteiger partial charge < -0.3 is 44.3 Å². The molecule has 7 rings (SSSR count). The third-order valence-corrected chi connectivity index (χ3v) is 11.1. The summed E-state index contributed by atoms with van der Waals surface area (Å²) in [6, 6.07) is 12.3. The maximum absolute atomic E-state index is 13.6. The lowest BCUT2D eigenvalue weighted by molar-refractivity contribution is -0.136. The van der Waals surface area contributed by atoms with Crippen molar-refractivity contribution in [2.45, 2.75) is 77.5 Å². The van der Waals surface area contributed by atoms with E-state index in [2.05, 4.69) is 38.8 Å². The molecule has 0 unspecified atom stereocenters. The average Bonchev–Trinajstić information content (AvgIpc) is 4.07. The Labute approximate surface area is 330 Å². The van der Waals surface area contributed by atoms with Gasteiger partial charge in [-0.05, 0) is 60.8 Å². The number of ether oxygens (including phenoxy) is 2. The molecule has 2 saturated heterocycles. The van der Waals surface area contributed by atoms with Gasteiger partial charge in [0.1, 0.15) is 29.3 Å². The summed E-state index contributed by atoms with van der Waals surface area (Å²) in [5.41, 5.74) is 5.92. The zero-order valence-electron chi connectivity index (χ0n) is 33.1. The number of carbonyl (C=O) groups is 4. The molecular weight excluding hydrogens is 729 g/mol. The van der Waals surface area contributed by atoms with Crippen molar-refractivity contribution in [3.63, 3.8) is 0 Å². The molecule has 5 aromatic rings. The van der Waals surface area contributed by atoms with Crippen molar-refractivity contribution in [1.82, 2.24) is 40.4 Å². The zero-order valence-corrected chi connectivity index (χ0v) is 33.1. The summed E-state index contributed by atoms with van der Waals surface area (Å²) in [6.07, 6.45) is 7.29. The molecule has 57 heavy (non-hydrogen) atoms. The molecule has 5 heterocycles. The standard InChI is InChI=1S/C42H50N8O7/c1-23(2)34(47-41(53)55-5)39(51)49-18-7-9-32(49)37-43-21-30(45-37)26-13-11-25(12-14-26)27-15-16-29(36-28(27)17-20-57-36)31-22-44-38(46-31)33-10-8-19-50(33)40(52)35(24(3)4)48-42(54)56-6/h11-17,20-24,32-35H,7-10,18-19H2,1-6H3,(H,43,45)(H,44,46)(H,47,53)(H,48,54)/t32-,33-,34-,35-/m0/s1. The molecule has 4 N–H and O–H groups in total. The predicted molar refractivity (Wildman–Crippen MR) is 213 cm³/mol. The van der Waals surface area contributed by atoms with E-state index < -0.39 is 24.3 Å². The van der Waals surface area contributed by atoms with E-state index in [-0.39, 0.29) is 35.7 Å². The van der Waals surface area contributed by atoms with Crippen LogP contribution in [0, 0.1) is 11.8 Å². The summed E-state index contributed by atoms with van der Waals surface area (Å²) in [7, 11) is 2.57. The zero-order chi connectivity index (χ0) is 40.4. The van der Waals surface area contributed by atoms with Crippen LogP contribution >= 0.6 is 0 Å². The Kier molecular flexibility index (Phi) is 11.4. The fourth-order valence-corrected chi connectivity index (χ4v) is 8.02. The van der Waals surface area contributed by atoms with Crippen LogP contribution in [0.5, 0.6) is 0 Å².